The summed E-state index contributed by atoms with van der Waals surface area (Å²) in [5.41, 5.74) is 6.07. The van der Waals surface area contributed by atoms with E-state index in [1.54, 1.807) is 6.92 Å². The Hall–Kier alpha value is -1.54. The summed E-state index contributed by atoms with van der Waals surface area (Å²) in [7, 11) is 0. The van der Waals surface area contributed by atoms with Crippen LogP contribution in [-0.4, -0.2) is 17.4 Å². The summed E-state index contributed by atoms with van der Waals surface area (Å²) in [4.78, 5) is 15.8. The second kappa shape index (κ2) is 3.92. The molecule has 1 rings (SSSR count). The minimum Gasteiger partial charge on any atom is -0.375 e. The first-order valence-corrected chi connectivity index (χ1v) is 4.41. The maximum atomic E-state index is 11.3. The number of aromatic nitrogens is 1. The molecule has 1 heterocycles. The van der Waals surface area contributed by atoms with Crippen LogP contribution in [0.15, 0.2) is 0 Å². The van der Waals surface area contributed by atoms with E-state index in [2.05, 4.69) is 16.2 Å². The second-order valence-electron chi connectivity index (χ2n) is 2.35. The van der Waals surface area contributed by atoms with Gasteiger partial charge >= 0.3 is 0 Å². The van der Waals surface area contributed by atoms with Gasteiger partial charge in [-0.05, 0) is 6.92 Å². The van der Waals surface area contributed by atoms with Crippen molar-refractivity contribution < 1.29 is 4.79 Å². The number of nitrogen functional groups attached to an aromatic ring is 1. The summed E-state index contributed by atoms with van der Waals surface area (Å²) in [6.45, 7) is 1.95. The van der Waals surface area contributed by atoms with E-state index in [4.69, 9.17) is 12.2 Å². The van der Waals surface area contributed by atoms with Gasteiger partial charge in [-0.2, -0.15) is 0 Å². The van der Waals surface area contributed by atoms with Crippen molar-refractivity contribution in [3.8, 4) is 12.3 Å². The van der Waals surface area contributed by atoms with Crippen LogP contribution in [0, 0.1) is 19.3 Å². The van der Waals surface area contributed by atoms with Crippen molar-refractivity contribution in [3.63, 3.8) is 0 Å². The Balaban J connectivity index is 2.78. The fraction of sp³-hybridized carbons (Fsp3) is 0.250. The maximum Gasteiger partial charge on any atom is 0.264 e. The molecule has 0 bridgehead atoms. The SMILES string of the molecule is C#CCNC(=O)c1sc(N)nc1C. The Kier molecular flexibility index (Phi) is 2.88. The molecule has 0 radical (unpaired) electrons. The lowest BCUT2D eigenvalue weighted by Gasteiger charge is -1.97. The van der Waals surface area contributed by atoms with Crippen molar-refractivity contribution in [2.45, 2.75) is 6.92 Å². The van der Waals surface area contributed by atoms with E-state index in [-0.39, 0.29) is 12.5 Å². The number of nitrogens with two attached hydrogens (primary N) is 1. The molecule has 3 N–H and O–H groups in total. The number of aryl methyl sites for hydroxylation is 1. The Morgan fingerprint density at radius 2 is 2.54 bits per heavy atom. The molecular weight excluding hydrogens is 186 g/mol. The van der Waals surface area contributed by atoms with Gasteiger partial charge in [0, 0.05) is 0 Å². The van der Waals surface area contributed by atoms with Gasteiger partial charge in [-0.3, -0.25) is 4.79 Å². The van der Waals surface area contributed by atoms with Gasteiger partial charge in [0.05, 0.1) is 12.2 Å². The van der Waals surface area contributed by atoms with Crippen LogP contribution in [0.3, 0.4) is 0 Å². The number of terminal acetylenes is 1. The summed E-state index contributed by atoms with van der Waals surface area (Å²) in [5, 5.41) is 2.93. The standard InChI is InChI=1S/C8H9N3OS/c1-3-4-10-7(12)6-5(2)11-8(9)13-6/h1H,4H2,2H3,(H2,9,11)(H,10,12). The smallest absolute Gasteiger partial charge is 0.264 e. The predicted molar refractivity (Wildman–Crippen MR) is 52.4 cm³/mol. The molecule has 0 aliphatic heterocycles. The summed E-state index contributed by atoms with van der Waals surface area (Å²) in [6, 6.07) is 0. The molecule has 0 atom stereocenters. The lowest BCUT2D eigenvalue weighted by molar-refractivity contribution is 0.0962. The number of nitrogens with one attached hydrogen (secondary N) is 1. The second-order valence-corrected chi connectivity index (χ2v) is 3.38. The minimum atomic E-state index is -0.218. The number of rotatable bonds is 2. The van der Waals surface area contributed by atoms with Crippen LogP contribution in [0.1, 0.15) is 15.4 Å². The fourth-order valence-corrected chi connectivity index (χ4v) is 1.59. The van der Waals surface area contributed by atoms with E-state index in [0.29, 0.717) is 15.7 Å². The molecule has 5 heteroatoms. The zero-order valence-electron chi connectivity index (χ0n) is 7.13. The highest BCUT2D eigenvalue weighted by Crippen LogP contribution is 2.18. The van der Waals surface area contributed by atoms with Crippen LogP contribution >= 0.6 is 11.3 Å². The average Bonchev–Trinajstić information content (AvgIpc) is 2.41. The fourth-order valence-electron chi connectivity index (χ4n) is 0.840. The van der Waals surface area contributed by atoms with Crippen molar-refractivity contribution in [3.05, 3.63) is 10.6 Å². The van der Waals surface area contributed by atoms with Crippen LogP contribution in [0.5, 0.6) is 0 Å². The minimum absolute atomic E-state index is 0.218. The number of hydrogen-bond acceptors (Lipinski definition) is 4. The summed E-state index contributed by atoms with van der Waals surface area (Å²) < 4.78 is 0. The lowest BCUT2D eigenvalue weighted by Crippen LogP contribution is -2.23. The van der Waals surface area contributed by atoms with Crippen molar-refractivity contribution in [2.24, 2.45) is 0 Å². The number of anilines is 1. The zero-order chi connectivity index (χ0) is 9.84. The first kappa shape index (κ1) is 9.55. The number of carbonyl (C=O) groups excluding carboxylic acids is 1. The molecule has 13 heavy (non-hydrogen) atoms. The summed E-state index contributed by atoms with van der Waals surface area (Å²) in [6.07, 6.45) is 5.00. The van der Waals surface area contributed by atoms with Gasteiger partial charge in [-0.1, -0.05) is 17.3 Å². The van der Waals surface area contributed by atoms with Crippen molar-refractivity contribution in [1.82, 2.24) is 10.3 Å². The number of thiazole rings is 1. The number of nitrogens with zero attached hydrogens (tertiary/aromatic N) is 1. The topological polar surface area (TPSA) is 68.0 Å². The molecule has 68 valence electrons. The molecular formula is C8H9N3OS. The van der Waals surface area contributed by atoms with Gasteiger partial charge < -0.3 is 11.1 Å². The zero-order valence-corrected chi connectivity index (χ0v) is 7.94. The van der Waals surface area contributed by atoms with E-state index in [0.717, 1.165) is 11.3 Å². The van der Waals surface area contributed by atoms with E-state index in [9.17, 15) is 4.79 Å². The Morgan fingerprint density at radius 1 is 1.85 bits per heavy atom. The molecule has 0 aliphatic carbocycles. The van der Waals surface area contributed by atoms with E-state index < -0.39 is 0 Å². The molecule has 0 fully saturated rings. The molecule has 1 aromatic rings. The molecule has 0 aliphatic rings. The molecule has 0 unspecified atom stereocenters. The van der Waals surface area contributed by atoms with Gasteiger partial charge in [0.15, 0.2) is 5.13 Å². The molecule has 0 saturated carbocycles. The normalized spacial score (nSPS) is 9.23. The number of amides is 1. The lowest BCUT2D eigenvalue weighted by atomic mass is 10.4. The van der Waals surface area contributed by atoms with Crippen LogP contribution in [0.25, 0.3) is 0 Å². The highest BCUT2D eigenvalue weighted by molar-refractivity contribution is 7.17. The highest BCUT2D eigenvalue weighted by atomic mass is 32.1. The van der Waals surface area contributed by atoms with Crippen LogP contribution in [0.4, 0.5) is 5.13 Å². The van der Waals surface area contributed by atoms with Crippen LogP contribution in [0.2, 0.25) is 0 Å². The summed E-state index contributed by atoms with van der Waals surface area (Å²) >= 11 is 1.16. The molecule has 0 saturated heterocycles. The third kappa shape index (κ3) is 2.20. The van der Waals surface area contributed by atoms with Gasteiger partial charge in [0.25, 0.3) is 5.91 Å². The van der Waals surface area contributed by atoms with Gasteiger partial charge in [-0.15, -0.1) is 6.42 Å². The summed E-state index contributed by atoms with van der Waals surface area (Å²) in [5.74, 6) is 2.10. The number of hydrogen-bond donors (Lipinski definition) is 2. The van der Waals surface area contributed by atoms with Gasteiger partial charge in [0.2, 0.25) is 0 Å². The van der Waals surface area contributed by atoms with Gasteiger partial charge in [-0.25, -0.2) is 4.98 Å². The highest BCUT2D eigenvalue weighted by Gasteiger charge is 2.12. The monoisotopic (exact) mass is 195 g/mol. The first-order valence-electron chi connectivity index (χ1n) is 3.59. The molecule has 1 amide bonds. The Bertz CT molecular complexity index is 364. The third-order valence-electron chi connectivity index (χ3n) is 1.37. The van der Waals surface area contributed by atoms with E-state index in [1.807, 2.05) is 0 Å². The van der Waals surface area contributed by atoms with Crippen molar-refractivity contribution >= 4 is 22.4 Å². The maximum absolute atomic E-state index is 11.3. The first-order chi connectivity index (χ1) is 6.15. The van der Waals surface area contributed by atoms with E-state index >= 15 is 0 Å². The van der Waals surface area contributed by atoms with Crippen LogP contribution in [-0.2, 0) is 0 Å². The molecule has 1 aromatic heterocycles. The van der Waals surface area contributed by atoms with Crippen molar-refractivity contribution in [2.75, 3.05) is 12.3 Å². The van der Waals surface area contributed by atoms with Crippen LogP contribution < -0.4 is 11.1 Å². The van der Waals surface area contributed by atoms with E-state index in [1.165, 1.54) is 0 Å². The average molecular weight is 195 g/mol. The number of carbonyl (C=O) groups is 1. The molecule has 0 spiro atoms. The molecule has 4 nitrogen and oxygen atoms in total. The largest absolute Gasteiger partial charge is 0.375 e. The van der Waals surface area contributed by atoms with Gasteiger partial charge in [0.1, 0.15) is 4.88 Å². The quantitative estimate of drug-likeness (QED) is 0.671. The Labute approximate surface area is 80.2 Å². The Morgan fingerprint density at radius 3 is 3.00 bits per heavy atom. The molecule has 0 aromatic carbocycles. The van der Waals surface area contributed by atoms with Crippen molar-refractivity contribution in [1.29, 1.82) is 0 Å². The third-order valence-corrected chi connectivity index (χ3v) is 2.36. The predicted octanol–water partition coefficient (Wildman–Crippen LogP) is 0.397.